The lowest BCUT2D eigenvalue weighted by atomic mass is 9.93. The summed E-state index contributed by atoms with van der Waals surface area (Å²) in [5.41, 5.74) is 2.64. The molecule has 1 saturated heterocycles. The number of nitrogens with zero attached hydrogens (tertiary/aromatic N) is 2. The zero-order valence-electron chi connectivity index (χ0n) is 22.4. The highest BCUT2D eigenvalue weighted by Crippen LogP contribution is 2.31. The van der Waals surface area contributed by atoms with Gasteiger partial charge in [0.25, 0.3) is 11.5 Å². The normalized spacial score (nSPS) is 16.7. The Kier molecular flexibility index (Phi) is 7.40. The second-order valence-electron chi connectivity index (χ2n) is 11.6. The van der Waals surface area contributed by atoms with Crippen LogP contribution in [0.3, 0.4) is 0 Å². The number of fused-ring (bicyclic) bond motifs is 1. The minimum Gasteiger partial charge on any atom is -0.396 e. The van der Waals surface area contributed by atoms with Crippen molar-refractivity contribution in [1.29, 1.82) is 0 Å². The van der Waals surface area contributed by atoms with E-state index in [0.29, 0.717) is 35.2 Å². The molecule has 7 nitrogen and oxygen atoms in total. The Balaban J connectivity index is 1.61. The third-order valence-corrected chi connectivity index (χ3v) is 7.63. The summed E-state index contributed by atoms with van der Waals surface area (Å²) in [7, 11) is 0. The number of piperazine rings is 1. The number of aliphatic hydroxyl groups excluding tert-OH is 1. The second kappa shape index (κ2) is 10.6. The number of aromatic nitrogens is 1. The number of hydrogen-bond acceptors (Lipinski definition) is 5. The van der Waals surface area contributed by atoms with Gasteiger partial charge in [-0.3, -0.25) is 14.5 Å². The third kappa shape index (κ3) is 5.67. The molecule has 0 unspecified atom stereocenters. The molecule has 1 aliphatic carbocycles. The van der Waals surface area contributed by atoms with E-state index in [-0.39, 0.29) is 24.1 Å². The molecule has 0 spiro atoms. The van der Waals surface area contributed by atoms with E-state index in [9.17, 15) is 19.1 Å². The van der Waals surface area contributed by atoms with Crippen LogP contribution in [0.5, 0.6) is 0 Å². The first-order valence-corrected chi connectivity index (χ1v) is 13.5. The van der Waals surface area contributed by atoms with E-state index in [1.165, 1.54) is 6.07 Å². The molecule has 0 radical (unpaired) electrons. The minimum atomic E-state index is -0.445. The first kappa shape index (κ1) is 26.5. The van der Waals surface area contributed by atoms with Crippen molar-refractivity contribution in [3.8, 4) is 11.1 Å². The van der Waals surface area contributed by atoms with E-state index in [4.69, 9.17) is 0 Å². The molecule has 202 valence electrons. The number of nitrogens with one attached hydrogen (secondary N) is 2. The molecule has 38 heavy (non-hydrogen) atoms. The highest BCUT2D eigenvalue weighted by atomic mass is 19.1. The number of benzene rings is 2. The molecule has 1 saturated carbocycles. The number of amides is 1. The van der Waals surface area contributed by atoms with Crippen LogP contribution in [0.4, 0.5) is 4.39 Å². The lowest BCUT2D eigenvalue weighted by Gasteiger charge is -2.29. The van der Waals surface area contributed by atoms with Gasteiger partial charge in [0, 0.05) is 74.5 Å². The molecule has 2 heterocycles. The van der Waals surface area contributed by atoms with Crippen molar-refractivity contribution in [2.45, 2.75) is 52.7 Å². The van der Waals surface area contributed by atoms with Crippen LogP contribution < -0.4 is 16.2 Å². The predicted molar refractivity (Wildman–Crippen MR) is 148 cm³/mol. The highest BCUT2D eigenvalue weighted by Gasteiger charge is 2.25. The topological polar surface area (TPSA) is 86.6 Å². The van der Waals surface area contributed by atoms with Gasteiger partial charge in [-0.25, -0.2) is 4.39 Å². The zero-order chi connectivity index (χ0) is 27.0. The lowest BCUT2D eigenvalue weighted by Crippen LogP contribution is -2.43. The van der Waals surface area contributed by atoms with Crippen molar-refractivity contribution >= 4 is 16.7 Å². The molecular formula is C30H37FN4O3. The molecule has 1 aliphatic heterocycles. The van der Waals surface area contributed by atoms with E-state index < -0.39 is 11.2 Å². The number of aliphatic hydroxyl groups is 1. The largest absolute Gasteiger partial charge is 0.396 e. The fourth-order valence-electron chi connectivity index (χ4n) is 5.11. The zero-order valence-corrected chi connectivity index (χ0v) is 22.4. The van der Waals surface area contributed by atoms with Gasteiger partial charge in [0.1, 0.15) is 5.82 Å². The Morgan fingerprint density at radius 1 is 1.16 bits per heavy atom. The van der Waals surface area contributed by atoms with E-state index in [2.05, 4.69) is 15.5 Å². The SMILES string of the molecule is Cc1c(F)cc(C(=O)NC2CC2)cc1-c1ccc2c(=O)n(CC(C)(C)CO)cc(CN3CCNCC3)c2c1. The summed E-state index contributed by atoms with van der Waals surface area (Å²) < 4.78 is 16.7. The van der Waals surface area contributed by atoms with E-state index in [1.54, 1.807) is 17.6 Å². The van der Waals surface area contributed by atoms with Gasteiger partial charge in [-0.2, -0.15) is 0 Å². The molecule has 5 rings (SSSR count). The molecule has 2 aliphatic rings. The maximum Gasteiger partial charge on any atom is 0.258 e. The van der Waals surface area contributed by atoms with Crippen molar-refractivity contribution in [2.24, 2.45) is 5.41 Å². The van der Waals surface area contributed by atoms with Gasteiger partial charge < -0.3 is 20.3 Å². The first-order chi connectivity index (χ1) is 18.1. The van der Waals surface area contributed by atoms with E-state index in [0.717, 1.165) is 55.5 Å². The van der Waals surface area contributed by atoms with E-state index in [1.807, 2.05) is 38.2 Å². The predicted octanol–water partition coefficient (Wildman–Crippen LogP) is 3.43. The molecule has 2 aromatic carbocycles. The number of hydrogen-bond donors (Lipinski definition) is 3. The number of halogens is 1. The van der Waals surface area contributed by atoms with Gasteiger partial charge >= 0.3 is 0 Å². The second-order valence-corrected chi connectivity index (χ2v) is 11.6. The van der Waals surface area contributed by atoms with Gasteiger partial charge in [0.2, 0.25) is 0 Å². The molecular weight excluding hydrogens is 483 g/mol. The quantitative estimate of drug-likeness (QED) is 0.424. The van der Waals surface area contributed by atoms with Gasteiger partial charge in [-0.1, -0.05) is 19.9 Å². The van der Waals surface area contributed by atoms with Crippen LogP contribution in [0.15, 0.2) is 41.3 Å². The number of pyridine rings is 1. The summed E-state index contributed by atoms with van der Waals surface area (Å²) >= 11 is 0. The number of rotatable bonds is 8. The van der Waals surface area contributed by atoms with E-state index >= 15 is 0 Å². The van der Waals surface area contributed by atoms with Gasteiger partial charge in [-0.15, -0.1) is 0 Å². The summed E-state index contributed by atoms with van der Waals surface area (Å²) in [6.45, 7) is 10.3. The maximum absolute atomic E-state index is 15.0. The Bertz CT molecular complexity index is 1420. The van der Waals surface area contributed by atoms with Crippen LogP contribution in [0.1, 0.15) is 48.2 Å². The van der Waals surface area contributed by atoms with Crippen LogP contribution >= 0.6 is 0 Å². The Hall–Kier alpha value is -3.07. The molecule has 2 fully saturated rings. The van der Waals surface area contributed by atoms with Crippen molar-refractivity contribution in [2.75, 3.05) is 32.8 Å². The minimum absolute atomic E-state index is 0.0287. The van der Waals surface area contributed by atoms with Crippen LogP contribution in [-0.4, -0.2) is 59.3 Å². The summed E-state index contributed by atoms with van der Waals surface area (Å²) in [6, 6.07) is 8.84. The van der Waals surface area contributed by atoms with Crippen molar-refractivity contribution in [3.05, 3.63) is 69.4 Å². The molecule has 0 bridgehead atoms. The molecule has 3 aromatic rings. The lowest BCUT2D eigenvalue weighted by molar-refractivity contribution is 0.0950. The summed E-state index contributed by atoms with van der Waals surface area (Å²) in [4.78, 5) is 28.6. The summed E-state index contributed by atoms with van der Waals surface area (Å²) in [5, 5.41) is 17.6. The molecule has 3 N–H and O–H groups in total. The molecule has 0 atom stereocenters. The average molecular weight is 521 g/mol. The highest BCUT2D eigenvalue weighted by molar-refractivity contribution is 5.97. The van der Waals surface area contributed by atoms with Gasteiger partial charge in [0.15, 0.2) is 0 Å². The van der Waals surface area contributed by atoms with Crippen LogP contribution in [0, 0.1) is 18.2 Å². The van der Waals surface area contributed by atoms with Gasteiger partial charge in [0.05, 0.1) is 0 Å². The van der Waals surface area contributed by atoms with Crippen LogP contribution in [0.2, 0.25) is 0 Å². The maximum atomic E-state index is 15.0. The molecule has 1 amide bonds. The smallest absolute Gasteiger partial charge is 0.258 e. The third-order valence-electron chi connectivity index (χ3n) is 7.63. The number of carbonyl (C=O) groups excluding carboxylic acids is 1. The average Bonchev–Trinajstić information content (AvgIpc) is 3.72. The molecule has 8 heteroatoms. The Morgan fingerprint density at radius 3 is 2.58 bits per heavy atom. The monoisotopic (exact) mass is 520 g/mol. The Morgan fingerprint density at radius 2 is 1.89 bits per heavy atom. The fourth-order valence-corrected chi connectivity index (χ4v) is 5.11. The first-order valence-electron chi connectivity index (χ1n) is 13.5. The summed E-state index contributed by atoms with van der Waals surface area (Å²) in [5.74, 6) is -0.687. The van der Waals surface area contributed by atoms with Crippen molar-refractivity contribution in [1.82, 2.24) is 20.1 Å². The van der Waals surface area contributed by atoms with Crippen LogP contribution in [-0.2, 0) is 13.1 Å². The fraction of sp³-hybridized carbons (Fsp3) is 0.467. The number of carbonyl (C=O) groups is 1. The van der Waals surface area contributed by atoms with Crippen molar-refractivity contribution < 1.29 is 14.3 Å². The Labute approximate surface area is 222 Å². The van der Waals surface area contributed by atoms with Gasteiger partial charge in [-0.05, 0) is 71.7 Å². The summed E-state index contributed by atoms with van der Waals surface area (Å²) in [6.07, 6.45) is 3.84. The van der Waals surface area contributed by atoms with Crippen LogP contribution in [0.25, 0.3) is 21.9 Å². The van der Waals surface area contributed by atoms with Crippen molar-refractivity contribution in [3.63, 3.8) is 0 Å². The standard InChI is InChI=1S/C30H37FN4O3/c1-19-25(13-21(14-27(19)31)28(37)33-23-5-6-23)20-4-7-24-26(12-20)22(15-34-10-8-32-9-11-34)16-35(29(24)38)17-30(2,3)18-36/h4,7,12-14,16,23,32,36H,5-6,8-11,15,17-18H2,1-3H3,(H,33,37). The molecule has 1 aromatic heterocycles.